The van der Waals surface area contributed by atoms with E-state index >= 15 is 0 Å². The molecule has 1 unspecified atom stereocenters. The molecule has 1 heterocycles. The zero-order valence-electron chi connectivity index (χ0n) is 14.4. The van der Waals surface area contributed by atoms with Gasteiger partial charge in [-0.3, -0.25) is 0 Å². The van der Waals surface area contributed by atoms with E-state index in [0.29, 0.717) is 11.9 Å². The molecule has 1 aromatic rings. The van der Waals surface area contributed by atoms with Crippen LogP contribution in [0.25, 0.3) is 0 Å². The van der Waals surface area contributed by atoms with Crippen LogP contribution in [0.2, 0.25) is 0 Å². The monoisotopic (exact) mass is 290 g/mol. The summed E-state index contributed by atoms with van der Waals surface area (Å²) in [6.07, 6.45) is 3.87. The molecule has 0 spiro atoms. The van der Waals surface area contributed by atoms with Gasteiger partial charge in [0.25, 0.3) is 0 Å². The molecule has 1 N–H and O–H groups in total. The number of phenols is 1. The van der Waals surface area contributed by atoms with Gasteiger partial charge in [-0.1, -0.05) is 53.7 Å². The average molecular weight is 290 g/mol. The van der Waals surface area contributed by atoms with Gasteiger partial charge in [-0.2, -0.15) is 0 Å². The molecule has 2 rings (SSSR count). The van der Waals surface area contributed by atoms with Crippen molar-refractivity contribution in [2.24, 2.45) is 0 Å². The summed E-state index contributed by atoms with van der Waals surface area (Å²) in [4.78, 5) is 0. The lowest BCUT2D eigenvalue weighted by Crippen LogP contribution is -2.18. The molecule has 1 aliphatic rings. The molecule has 1 aliphatic heterocycles. The van der Waals surface area contributed by atoms with Crippen LogP contribution >= 0.6 is 0 Å². The van der Waals surface area contributed by atoms with Crippen molar-refractivity contribution >= 4 is 0 Å². The summed E-state index contributed by atoms with van der Waals surface area (Å²) >= 11 is 0. The lowest BCUT2D eigenvalue weighted by molar-refractivity contribution is 0.391. The lowest BCUT2D eigenvalue weighted by atomic mass is 9.78. The van der Waals surface area contributed by atoms with Crippen LogP contribution in [0.5, 0.6) is 5.75 Å². The van der Waals surface area contributed by atoms with Gasteiger partial charge in [0.15, 0.2) is 0 Å². The number of phenolic OH excluding ortho intramolecular Hbond substituents is 1. The standard InChI is InChI=1S/C19H30O2/c1-18(2,3)15-10-13(8-7-9-14-12-21-14)11-16(17(15)20)19(4,5)6/h10-11,14,20H,7-9,12H2,1-6H3. The fourth-order valence-electron chi connectivity index (χ4n) is 2.75. The predicted octanol–water partition coefficient (Wildman–Crippen LogP) is 4.71. The quantitative estimate of drug-likeness (QED) is 0.815. The number of hydrogen-bond acceptors (Lipinski definition) is 2. The van der Waals surface area contributed by atoms with Crippen molar-refractivity contribution < 1.29 is 9.84 Å². The summed E-state index contributed by atoms with van der Waals surface area (Å²) in [7, 11) is 0. The second-order valence-corrected chi connectivity index (χ2v) is 8.39. The number of hydrogen-bond donors (Lipinski definition) is 1. The third kappa shape index (κ3) is 4.23. The van der Waals surface area contributed by atoms with Crippen molar-refractivity contribution in [2.75, 3.05) is 6.61 Å². The van der Waals surface area contributed by atoms with Crippen LogP contribution in [-0.2, 0) is 22.0 Å². The Morgan fingerprint density at radius 1 is 1.05 bits per heavy atom. The Bertz CT molecular complexity index is 464. The minimum Gasteiger partial charge on any atom is -0.507 e. The maximum atomic E-state index is 10.7. The van der Waals surface area contributed by atoms with Crippen molar-refractivity contribution in [3.05, 3.63) is 28.8 Å². The number of aryl methyl sites for hydroxylation is 1. The number of aromatic hydroxyl groups is 1. The highest BCUT2D eigenvalue weighted by Crippen LogP contribution is 2.40. The number of ether oxygens (including phenoxy) is 1. The van der Waals surface area contributed by atoms with E-state index in [1.165, 1.54) is 5.56 Å². The Morgan fingerprint density at radius 3 is 1.90 bits per heavy atom. The van der Waals surface area contributed by atoms with Gasteiger partial charge in [-0.25, -0.2) is 0 Å². The van der Waals surface area contributed by atoms with E-state index in [1.807, 2.05) is 0 Å². The minimum absolute atomic E-state index is 0.0420. The fourth-order valence-corrected chi connectivity index (χ4v) is 2.75. The van der Waals surface area contributed by atoms with Crippen LogP contribution in [0.4, 0.5) is 0 Å². The molecule has 0 saturated carbocycles. The predicted molar refractivity (Wildman–Crippen MR) is 88.2 cm³/mol. The van der Waals surface area contributed by atoms with Crippen LogP contribution in [0.1, 0.15) is 71.1 Å². The highest BCUT2D eigenvalue weighted by Gasteiger charge is 2.27. The molecular weight excluding hydrogens is 260 g/mol. The van der Waals surface area contributed by atoms with Gasteiger partial charge in [0.1, 0.15) is 5.75 Å². The molecule has 118 valence electrons. The molecule has 1 aromatic carbocycles. The van der Waals surface area contributed by atoms with Crippen molar-refractivity contribution in [3.8, 4) is 5.75 Å². The second-order valence-electron chi connectivity index (χ2n) is 8.39. The van der Waals surface area contributed by atoms with Gasteiger partial charge < -0.3 is 9.84 Å². The summed E-state index contributed by atoms with van der Waals surface area (Å²) in [5, 5.41) is 10.7. The highest BCUT2D eigenvalue weighted by atomic mass is 16.6. The van der Waals surface area contributed by atoms with E-state index in [1.54, 1.807) is 0 Å². The Kier molecular flexibility index (Phi) is 4.39. The first kappa shape index (κ1) is 16.4. The highest BCUT2D eigenvalue weighted by molar-refractivity contribution is 5.49. The number of epoxide rings is 1. The Labute approximate surface area is 129 Å². The normalized spacial score (nSPS) is 18.9. The van der Waals surface area contributed by atoms with Crippen LogP contribution in [0.3, 0.4) is 0 Å². The number of rotatable bonds is 4. The number of benzene rings is 1. The second kappa shape index (κ2) is 5.64. The summed E-state index contributed by atoms with van der Waals surface area (Å²) in [5.74, 6) is 0.476. The van der Waals surface area contributed by atoms with E-state index < -0.39 is 0 Å². The van der Waals surface area contributed by atoms with Crippen molar-refractivity contribution in [1.29, 1.82) is 0 Å². The molecule has 1 saturated heterocycles. The molecule has 0 radical (unpaired) electrons. The molecule has 1 atom stereocenters. The molecule has 0 aromatic heterocycles. The molecule has 0 amide bonds. The summed E-state index contributed by atoms with van der Waals surface area (Å²) in [6.45, 7) is 13.9. The lowest BCUT2D eigenvalue weighted by Gasteiger charge is -2.28. The SMILES string of the molecule is CC(C)(C)c1cc(CCCC2CO2)cc(C(C)(C)C)c1O. The average Bonchev–Trinajstić information content (AvgIpc) is 3.12. The maximum Gasteiger partial charge on any atom is 0.123 e. The Morgan fingerprint density at radius 2 is 1.52 bits per heavy atom. The van der Waals surface area contributed by atoms with Crippen LogP contribution in [0.15, 0.2) is 12.1 Å². The van der Waals surface area contributed by atoms with Gasteiger partial charge in [-0.15, -0.1) is 0 Å². The molecule has 2 nitrogen and oxygen atoms in total. The fraction of sp³-hybridized carbons (Fsp3) is 0.684. The third-order valence-electron chi connectivity index (χ3n) is 4.18. The van der Waals surface area contributed by atoms with Crippen molar-refractivity contribution in [1.82, 2.24) is 0 Å². The Hall–Kier alpha value is -1.02. The molecule has 1 fully saturated rings. The van der Waals surface area contributed by atoms with Crippen molar-refractivity contribution in [2.45, 2.75) is 77.7 Å². The van der Waals surface area contributed by atoms with E-state index in [2.05, 4.69) is 53.7 Å². The van der Waals surface area contributed by atoms with Crippen molar-refractivity contribution in [3.63, 3.8) is 0 Å². The largest absolute Gasteiger partial charge is 0.507 e. The zero-order chi connectivity index (χ0) is 15.8. The van der Waals surface area contributed by atoms with Gasteiger partial charge in [0.05, 0.1) is 12.7 Å². The smallest absolute Gasteiger partial charge is 0.123 e. The first-order chi connectivity index (χ1) is 9.59. The van der Waals surface area contributed by atoms with E-state index in [-0.39, 0.29) is 10.8 Å². The topological polar surface area (TPSA) is 32.8 Å². The van der Waals surface area contributed by atoms with Gasteiger partial charge in [0.2, 0.25) is 0 Å². The first-order valence-corrected chi connectivity index (χ1v) is 8.07. The molecule has 2 heteroatoms. The zero-order valence-corrected chi connectivity index (χ0v) is 14.4. The first-order valence-electron chi connectivity index (χ1n) is 8.07. The van der Waals surface area contributed by atoms with Gasteiger partial charge in [0, 0.05) is 0 Å². The summed E-state index contributed by atoms with van der Waals surface area (Å²) < 4.78 is 5.28. The molecule has 0 bridgehead atoms. The maximum absolute atomic E-state index is 10.7. The van der Waals surface area contributed by atoms with E-state index in [4.69, 9.17) is 4.74 Å². The Balaban J connectivity index is 2.31. The minimum atomic E-state index is -0.0420. The van der Waals surface area contributed by atoms with E-state index in [0.717, 1.165) is 37.0 Å². The molecule has 0 aliphatic carbocycles. The third-order valence-corrected chi connectivity index (χ3v) is 4.18. The molecule has 21 heavy (non-hydrogen) atoms. The van der Waals surface area contributed by atoms with Crippen LogP contribution < -0.4 is 0 Å². The van der Waals surface area contributed by atoms with Crippen LogP contribution in [-0.4, -0.2) is 17.8 Å². The summed E-state index contributed by atoms with van der Waals surface area (Å²) in [6, 6.07) is 4.39. The molecular formula is C19H30O2. The van der Waals surface area contributed by atoms with Gasteiger partial charge in [-0.05, 0) is 46.8 Å². The van der Waals surface area contributed by atoms with Gasteiger partial charge >= 0.3 is 0 Å². The van der Waals surface area contributed by atoms with E-state index in [9.17, 15) is 5.11 Å². The summed E-state index contributed by atoms with van der Waals surface area (Å²) in [5.41, 5.74) is 3.38. The van der Waals surface area contributed by atoms with Crippen LogP contribution in [0, 0.1) is 0 Å².